The molecule has 1 heterocycles. The summed E-state index contributed by atoms with van der Waals surface area (Å²) in [7, 11) is 0. The highest BCUT2D eigenvalue weighted by Gasteiger charge is 2.29. The van der Waals surface area contributed by atoms with Gasteiger partial charge in [0, 0.05) is 19.1 Å². The maximum absolute atomic E-state index is 9.03. The lowest BCUT2D eigenvalue weighted by atomic mass is 10.3. The quantitative estimate of drug-likeness (QED) is 0.433. The van der Waals surface area contributed by atoms with Crippen LogP contribution in [-0.4, -0.2) is 35.2 Å². The van der Waals surface area contributed by atoms with Gasteiger partial charge in [-0.1, -0.05) is 6.08 Å². The molecule has 0 aliphatic carbocycles. The maximum atomic E-state index is 9.03. The van der Waals surface area contributed by atoms with E-state index in [0.717, 1.165) is 13.1 Å². The molecule has 9 heavy (non-hydrogen) atoms. The van der Waals surface area contributed by atoms with E-state index in [2.05, 4.69) is 18.4 Å². The van der Waals surface area contributed by atoms with Gasteiger partial charge >= 0.3 is 0 Å². The van der Waals surface area contributed by atoms with Crippen molar-refractivity contribution < 1.29 is 5.11 Å². The molecule has 1 saturated heterocycles. The monoisotopic (exact) mass is 127 g/mol. The molecule has 0 saturated carbocycles. The second-order valence-electron chi connectivity index (χ2n) is 2.61. The smallest absolute Gasteiger partial charge is 0.0845 e. The van der Waals surface area contributed by atoms with Gasteiger partial charge in [0.25, 0.3) is 0 Å². The summed E-state index contributed by atoms with van der Waals surface area (Å²) in [6.07, 6.45) is 1.24. The minimum absolute atomic E-state index is 0.338. The fraction of sp³-hybridized carbons (Fsp3) is 0.714. The van der Waals surface area contributed by atoms with Crippen LogP contribution >= 0.6 is 0 Å². The van der Waals surface area contributed by atoms with Gasteiger partial charge in [-0.3, -0.25) is 4.90 Å². The van der Waals surface area contributed by atoms with Crippen LogP contribution in [0.3, 0.4) is 0 Å². The normalized spacial score (nSPS) is 35.8. The number of aliphatic hydroxyl groups is 1. The molecule has 0 aromatic carbocycles. The first-order valence-electron chi connectivity index (χ1n) is 3.28. The molecule has 2 unspecified atom stereocenters. The summed E-state index contributed by atoms with van der Waals surface area (Å²) in [5, 5.41) is 9.03. The van der Waals surface area contributed by atoms with Crippen molar-refractivity contribution in [1.29, 1.82) is 0 Å². The van der Waals surface area contributed by atoms with Crippen LogP contribution in [0.4, 0.5) is 0 Å². The lowest BCUT2D eigenvalue weighted by Crippen LogP contribution is -2.16. The zero-order valence-electron chi connectivity index (χ0n) is 5.75. The van der Waals surface area contributed by atoms with Crippen molar-refractivity contribution >= 4 is 0 Å². The van der Waals surface area contributed by atoms with E-state index in [1.165, 1.54) is 0 Å². The Labute approximate surface area is 55.8 Å². The molecule has 2 nitrogen and oxygen atoms in total. The zero-order valence-corrected chi connectivity index (χ0v) is 5.75. The Hall–Kier alpha value is -0.340. The Morgan fingerprint density at radius 3 is 2.89 bits per heavy atom. The summed E-state index contributed by atoms with van der Waals surface area (Å²) in [5.74, 6) is 0. The van der Waals surface area contributed by atoms with Crippen molar-refractivity contribution in [3.8, 4) is 0 Å². The van der Waals surface area contributed by atoms with E-state index in [0.29, 0.717) is 6.04 Å². The van der Waals surface area contributed by atoms with Crippen LogP contribution in [0.5, 0.6) is 0 Å². The minimum atomic E-state index is -0.338. The van der Waals surface area contributed by atoms with Crippen molar-refractivity contribution in [2.75, 3.05) is 13.1 Å². The van der Waals surface area contributed by atoms with Crippen LogP contribution < -0.4 is 0 Å². The second-order valence-corrected chi connectivity index (χ2v) is 2.61. The summed E-state index contributed by atoms with van der Waals surface area (Å²) < 4.78 is 0. The SMILES string of the molecule is C=C[C@H](O)CN1CC1C. The fourth-order valence-corrected chi connectivity index (χ4v) is 0.862. The topological polar surface area (TPSA) is 23.2 Å². The average molecular weight is 127 g/mol. The fourth-order valence-electron chi connectivity index (χ4n) is 0.862. The first-order valence-corrected chi connectivity index (χ1v) is 3.28. The molecule has 1 N–H and O–H groups in total. The number of nitrogens with zero attached hydrogens (tertiary/aromatic N) is 1. The Balaban J connectivity index is 2.11. The first kappa shape index (κ1) is 6.78. The third-order valence-corrected chi connectivity index (χ3v) is 1.68. The molecular weight excluding hydrogens is 114 g/mol. The molecular formula is C7H13NO. The number of hydrogen-bond donors (Lipinski definition) is 1. The summed E-state index contributed by atoms with van der Waals surface area (Å²) in [6.45, 7) is 7.52. The highest BCUT2D eigenvalue weighted by molar-refractivity contribution is 4.90. The van der Waals surface area contributed by atoms with Crippen LogP contribution in [-0.2, 0) is 0 Å². The van der Waals surface area contributed by atoms with Gasteiger partial charge in [0.15, 0.2) is 0 Å². The lowest BCUT2D eigenvalue weighted by Gasteiger charge is -2.04. The molecule has 3 atom stereocenters. The van der Waals surface area contributed by atoms with Gasteiger partial charge in [0.05, 0.1) is 6.10 Å². The predicted molar refractivity (Wildman–Crippen MR) is 37.2 cm³/mol. The molecule has 0 bridgehead atoms. The largest absolute Gasteiger partial charge is 0.388 e. The molecule has 0 radical (unpaired) electrons. The number of β-amino-alcohol motifs (C(OH)–C–C–N with tert-alkyl or cyclic N) is 1. The average Bonchev–Trinajstić information content (AvgIpc) is 2.47. The summed E-state index contributed by atoms with van der Waals surface area (Å²) in [4.78, 5) is 2.20. The standard InChI is InChI=1S/C7H13NO/c1-3-7(9)5-8-4-6(8)2/h3,6-7,9H,1,4-5H2,2H3/t6?,7-,8?/m0/s1. The number of aliphatic hydroxyl groups excluding tert-OH is 1. The first-order chi connectivity index (χ1) is 4.24. The molecule has 2 heteroatoms. The zero-order chi connectivity index (χ0) is 6.85. The minimum Gasteiger partial charge on any atom is -0.388 e. The van der Waals surface area contributed by atoms with Gasteiger partial charge < -0.3 is 5.11 Å². The van der Waals surface area contributed by atoms with Crippen molar-refractivity contribution in [1.82, 2.24) is 4.90 Å². The maximum Gasteiger partial charge on any atom is 0.0845 e. The van der Waals surface area contributed by atoms with Gasteiger partial charge in [-0.15, -0.1) is 6.58 Å². The highest BCUT2D eigenvalue weighted by atomic mass is 16.3. The van der Waals surface area contributed by atoms with Crippen LogP contribution in [0, 0.1) is 0 Å². The molecule has 0 amide bonds. The summed E-state index contributed by atoms with van der Waals surface area (Å²) in [6, 6.07) is 0.680. The molecule has 0 aromatic heterocycles. The highest BCUT2D eigenvalue weighted by Crippen LogP contribution is 2.15. The van der Waals surface area contributed by atoms with Gasteiger partial charge in [0.2, 0.25) is 0 Å². The van der Waals surface area contributed by atoms with Gasteiger partial charge in [0.1, 0.15) is 0 Å². The van der Waals surface area contributed by atoms with E-state index in [-0.39, 0.29) is 6.10 Å². The van der Waals surface area contributed by atoms with Crippen LogP contribution in [0.1, 0.15) is 6.92 Å². The van der Waals surface area contributed by atoms with Gasteiger partial charge in [-0.05, 0) is 6.92 Å². The van der Waals surface area contributed by atoms with Crippen molar-refractivity contribution in [3.63, 3.8) is 0 Å². The molecule has 52 valence electrons. The van der Waals surface area contributed by atoms with Crippen molar-refractivity contribution in [3.05, 3.63) is 12.7 Å². The number of hydrogen-bond acceptors (Lipinski definition) is 2. The molecule has 0 spiro atoms. The molecule has 1 aliphatic rings. The molecule has 0 aromatic rings. The van der Waals surface area contributed by atoms with Crippen molar-refractivity contribution in [2.45, 2.75) is 19.1 Å². The van der Waals surface area contributed by atoms with Gasteiger partial charge in [-0.2, -0.15) is 0 Å². The molecule has 1 aliphatic heterocycles. The third-order valence-electron chi connectivity index (χ3n) is 1.68. The Bertz CT molecular complexity index is 113. The summed E-state index contributed by atoms with van der Waals surface area (Å²) >= 11 is 0. The van der Waals surface area contributed by atoms with Gasteiger partial charge in [-0.25, -0.2) is 0 Å². The number of rotatable bonds is 3. The van der Waals surface area contributed by atoms with E-state index in [9.17, 15) is 0 Å². The van der Waals surface area contributed by atoms with E-state index >= 15 is 0 Å². The molecule has 1 rings (SSSR count). The predicted octanol–water partition coefficient (Wildman–Crippen LogP) is 0.237. The van der Waals surface area contributed by atoms with Crippen molar-refractivity contribution in [2.24, 2.45) is 0 Å². The summed E-state index contributed by atoms with van der Waals surface area (Å²) in [5.41, 5.74) is 0. The Morgan fingerprint density at radius 2 is 2.56 bits per heavy atom. The van der Waals surface area contributed by atoms with E-state index < -0.39 is 0 Å². The lowest BCUT2D eigenvalue weighted by molar-refractivity contribution is 0.196. The Morgan fingerprint density at radius 1 is 2.00 bits per heavy atom. The van der Waals surface area contributed by atoms with Crippen LogP contribution in [0.2, 0.25) is 0 Å². The Kier molecular flexibility index (Phi) is 1.88. The second kappa shape index (κ2) is 2.50. The van der Waals surface area contributed by atoms with Crippen LogP contribution in [0.15, 0.2) is 12.7 Å². The molecule has 1 fully saturated rings. The van der Waals surface area contributed by atoms with E-state index in [1.807, 2.05) is 0 Å². The third kappa shape index (κ3) is 1.80. The van der Waals surface area contributed by atoms with Crippen LogP contribution in [0.25, 0.3) is 0 Å². The van der Waals surface area contributed by atoms with E-state index in [4.69, 9.17) is 5.11 Å². The van der Waals surface area contributed by atoms with E-state index in [1.54, 1.807) is 6.08 Å².